The summed E-state index contributed by atoms with van der Waals surface area (Å²) >= 11 is 0. The maximum atomic E-state index is 4.80. The molecule has 0 radical (unpaired) electrons. The van der Waals surface area contributed by atoms with Crippen molar-refractivity contribution in [3.63, 3.8) is 0 Å². The van der Waals surface area contributed by atoms with E-state index in [2.05, 4.69) is 27.2 Å². The van der Waals surface area contributed by atoms with Crippen molar-refractivity contribution in [2.45, 2.75) is 6.54 Å². The highest BCUT2D eigenvalue weighted by molar-refractivity contribution is 5.88. The van der Waals surface area contributed by atoms with Gasteiger partial charge in [0.2, 0.25) is 0 Å². The molecule has 0 aliphatic heterocycles. The van der Waals surface area contributed by atoms with Crippen molar-refractivity contribution in [1.29, 1.82) is 0 Å². The number of imidazole rings is 1. The molecule has 0 saturated carbocycles. The highest BCUT2D eigenvalue weighted by Gasteiger charge is 2.11. The lowest BCUT2D eigenvalue weighted by atomic mass is 10.1. The molecular weight excluding hydrogens is 360 g/mol. The number of pyridine rings is 1. The molecule has 2 aromatic carbocycles. The Morgan fingerprint density at radius 1 is 0.931 bits per heavy atom. The van der Waals surface area contributed by atoms with Gasteiger partial charge in [-0.3, -0.25) is 9.67 Å². The first-order chi connectivity index (χ1) is 14.4. The van der Waals surface area contributed by atoms with Crippen LogP contribution in [0.2, 0.25) is 0 Å². The van der Waals surface area contributed by atoms with Crippen molar-refractivity contribution in [2.24, 2.45) is 5.10 Å². The average Bonchev–Trinajstić information content (AvgIpc) is 3.37. The summed E-state index contributed by atoms with van der Waals surface area (Å²) < 4.78 is 3.71. The molecule has 29 heavy (non-hydrogen) atoms. The first-order valence-electron chi connectivity index (χ1n) is 9.35. The summed E-state index contributed by atoms with van der Waals surface area (Å²) in [6.45, 7) is 0.690. The summed E-state index contributed by atoms with van der Waals surface area (Å²) in [6, 6.07) is 22.1. The minimum atomic E-state index is 0.690. The van der Waals surface area contributed by atoms with Crippen LogP contribution in [0.3, 0.4) is 0 Å². The van der Waals surface area contributed by atoms with Gasteiger partial charge in [0.05, 0.1) is 23.8 Å². The molecule has 0 bridgehead atoms. The van der Waals surface area contributed by atoms with Crippen LogP contribution in [0.4, 0.5) is 0 Å². The van der Waals surface area contributed by atoms with E-state index in [0.29, 0.717) is 6.54 Å². The quantitative estimate of drug-likeness (QED) is 0.430. The smallest absolute Gasteiger partial charge is 0.118 e. The maximum Gasteiger partial charge on any atom is 0.118 e. The predicted molar refractivity (Wildman–Crippen MR) is 114 cm³/mol. The summed E-state index contributed by atoms with van der Waals surface area (Å²) in [4.78, 5) is 8.63. The van der Waals surface area contributed by atoms with Gasteiger partial charge in [0.25, 0.3) is 0 Å². The number of rotatable bonds is 5. The van der Waals surface area contributed by atoms with Crippen LogP contribution in [-0.2, 0) is 6.54 Å². The standard InChI is InChI=1S/C23H18N6/c1-2-7-18(8-3-1)15-28-16-20(23(27-28)19-9-6-12-24-13-19)14-26-29-17-25-21-10-4-5-11-22(21)29/h1-14,16-17H,15H2/b26-14-. The van der Waals surface area contributed by atoms with Crippen molar-refractivity contribution in [3.8, 4) is 11.3 Å². The molecule has 3 heterocycles. The molecule has 0 N–H and O–H groups in total. The lowest BCUT2D eigenvalue weighted by molar-refractivity contribution is 0.689. The first-order valence-corrected chi connectivity index (χ1v) is 9.35. The van der Waals surface area contributed by atoms with Gasteiger partial charge in [-0.15, -0.1) is 0 Å². The lowest BCUT2D eigenvalue weighted by Crippen LogP contribution is -2.00. The van der Waals surface area contributed by atoms with Crippen molar-refractivity contribution in [3.05, 3.63) is 103 Å². The average molecular weight is 378 g/mol. The van der Waals surface area contributed by atoms with Crippen molar-refractivity contribution >= 4 is 17.2 Å². The minimum absolute atomic E-state index is 0.690. The number of para-hydroxylation sites is 2. The number of hydrogen-bond acceptors (Lipinski definition) is 4. The molecule has 0 atom stereocenters. The zero-order chi connectivity index (χ0) is 19.5. The molecule has 0 spiro atoms. The summed E-state index contributed by atoms with van der Waals surface area (Å²) in [7, 11) is 0. The number of hydrogen-bond donors (Lipinski definition) is 0. The van der Waals surface area contributed by atoms with E-state index >= 15 is 0 Å². The molecule has 5 aromatic rings. The zero-order valence-corrected chi connectivity index (χ0v) is 15.6. The van der Waals surface area contributed by atoms with Crippen LogP contribution in [0.25, 0.3) is 22.3 Å². The van der Waals surface area contributed by atoms with Crippen molar-refractivity contribution in [2.75, 3.05) is 0 Å². The molecule has 0 saturated heterocycles. The van der Waals surface area contributed by atoms with Crippen LogP contribution in [0.5, 0.6) is 0 Å². The van der Waals surface area contributed by atoms with Gasteiger partial charge in [-0.25, -0.2) is 9.66 Å². The van der Waals surface area contributed by atoms with E-state index in [0.717, 1.165) is 27.9 Å². The van der Waals surface area contributed by atoms with Crippen LogP contribution in [0, 0.1) is 0 Å². The van der Waals surface area contributed by atoms with Crippen molar-refractivity contribution < 1.29 is 0 Å². The molecule has 0 aliphatic carbocycles. The molecule has 6 nitrogen and oxygen atoms in total. The molecule has 0 aliphatic rings. The van der Waals surface area contributed by atoms with Gasteiger partial charge in [-0.2, -0.15) is 10.2 Å². The Morgan fingerprint density at radius 3 is 2.66 bits per heavy atom. The van der Waals surface area contributed by atoms with Crippen LogP contribution >= 0.6 is 0 Å². The summed E-state index contributed by atoms with van der Waals surface area (Å²) in [5.41, 5.74) is 5.79. The first kappa shape index (κ1) is 17.1. The highest BCUT2D eigenvalue weighted by Crippen LogP contribution is 2.21. The lowest BCUT2D eigenvalue weighted by Gasteiger charge is -2.01. The third-order valence-corrected chi connectivity index (χ3v) is 4.67. The molecular formula is C23H18N6. The molecule has 5 rings (SSSR count). The van der Waals surface area contributed by atoms with E-state index in [1.54, 1.807) is 17.2 Å². The second-order valence-electron chi connectivity index (χ2n) is 6.68. The Labute approximate surface area is 167 Å². The molecule has 6 heteroatoms. The number of fused-ring (bicyclic) bond motifs is 1. The molecule has 0 amide bonds. The monoisotopic (exact) mass is 378 g/mol. The Balaban J connectivity index is 1.53. The van der Waals surface area contributed by atoms with Crippen molar-refractivity contribution in [1.82, 2.24) is 24.4 Å². The Hall–Kier alpha value is -4.06. The SMILES string of the molecule is C(=N/n1cnc2ccccc21)/c1cn(Cc2ccccc2)nc1-c1cccnc1. The van der Waals surface area contributed by atoms with E-state index in [9.17, 15) is 0 Å². The van der Waals surface area contributed by atoms with Gasteiger partial charge in [0.15, 0.2) is 0 Å². The van der Waals surface area contributed by atoms with E-state index in [-0.39, 0.29) is 0 Å². The number of aromatic nitrogens is 5. The molecule has 0 unspecified atom stereocenters. The summed E-state index contributed by atoms with van der Waals surface area (Å²) in [6.07, 6.45) is 9.14. The Bertz CT molecular complexity index is 1270. The predicted octanol–water partition coefficient (Wildman–Crippen LogP) is 4.23. The fourth-order valence-electron chi connectivity index (χ4n) is 3.27. The fourth-order valence-corrected chi connectivity index (χ4v) is 3.27. The maximum absolute atomic E-state index is 4.80. The van der Waals surface area contributed by atoms with E-state index in [1.807, 2.05) is 77.9 Å². The number of nitrogens with zero attached hydrogens (tertiary/aromatic N) is 6. The number of benzene rings is 2. The van der Waals surface area contributed by atoms with E-state index in [1.165, 1.54) is 5.56 Å². The highest BCUT2D eigenvalue weighted by atomic mass is 15.4. The third-order valence-electron chi connectivity index (χ3n) is 4.67. The topological polar surface area (TPSA) is 60.9 Å². The summed E-state index contributed by atoms with van der Waals surface area (Å²) in [5.74, 6) is 0. The second kappa shape index (κ2) is 7.52. The third kappa shape index (κ3) is 3.55. The van der Waals surface area contributed by atoms with Crippen LogP contribution < -0.4 is 0 Å². The fraction of sp³-hybridized carbons (Fsp3) is 0.0435. The van der Waals surface area contributed by atoms with Crippen LogP contribution in [0.1, 0.15) is 11.1 Å². The van der Waals surface area contributed by atoms with Crippen LogP contribution in [-0.4, -0.2) is 30.6 Å². The van der Waals surface area contributed by atoms with E-state index in [4.69, 9.17) is 5.10 Å². The van der Waals surface area contributed by atoms with Gasteiger partial charge in [0.1, 0.15) is 12.0 Å². The second-order valence-corrected chi connectivity index (χ2v) is 6.68. The van der Waals surface area contributed by atoms with Gasteiger partial charge < -0.3 is 0 Å². The largest absolute Gasteiger partial charge is 0.267 e. The summed E-state index contributed by atoms with van der Waals surface area (Å²) in [5, 5.41) is 9.43. The normalized spacial score (nSPS) is 11.4. The molecule has 3 aromatic heterocycles. The van der Waals surface area contributed by atoms with Gasteiger partial charge >= 0.3 is 0 Å². The minimum Gasteiger partial charge on any atom is -0.267 e. The zero-order valence-electron chi connectivity index (χ0n) is 15.6. The van der Waals surface area contributed by atoms with Gasteiger partial charge in [-0.05, 0) is 29.8 Å². The van der Waals surface area contributed by atoms with Gasteiger partial charge in [0, 0.05) is 29.7 Å². The van der Waals surface area contributed by atoms with Crippen LogP contribution in [0.15, 0.2) is 96.7 Å². The molecule has 0 fully saturated rings. The molecule has 140 valence electrons. The Kier molecular flexibility index (Phi) is 4.42. The van der Waals surface area contributed by atoms with Gasteiger partial charge in [-0.1, -0.05) is 42.5 Å². The van der Waals surface area contributed by atoms with E-state index < -0.39 is 0 Å². The Morgan fingerprint density at radius 2 is 1.79 bits per heavy atom.